The first kappa shape index (κ1) is 13.5. The first-order chi connectivity index (χ1) is 8.10. The lowest BCUT2D eigenvalue weighted by molar-refractivity contribution is -0.141. The highest BCUT2D eigenvalue weighted by Gasteiger charge is 2.35. The number of carboxylic acids is 1. The molecule has 1 N–H and O–H groups in total. The summed E-state index contributed by atoms with van der Waals surface area (Å²) in [6.07, 6.45) is 5.07. The zero-order valence-corrected chi connectivity index (χ0v) is 9.97. The number of aliphatic carboxylic acids is 1. The van der Waals surface area contributed by atoms with Crippen LogP contribution in [0.1, 0.15) is 19.3 Å². The van der Waals surface area contributed by atoms with Crippen LogP contribution in [-0.4, -0.2) is 35.0 Å². The van der Waals surface area contributed by atoms with E-state index in [1.807, 2.05) is 0 Å². The molecule has 1 fully saturated rings. The van der Waals surface area contributed by atoms with Gasteiger partial charge in [0, 0.05) is 19.0 Å². The van der Waals surface area contributed by atoms with Gasteiger partial charge < -0.3 is 10.0 Å². The molecule has 0 heterocycles. The van der Waals surface area contributed by atoms with Crippen molar-refractivity contribution in [3.63, 3.8) is 0 Å². The smallest absolute Gasteiger partial charge is 0.306 e. The van der Waals surface area contributed by atoms with Crippen LogP contribution in [0.2, 0.25) is 0 Å². The molecule has 1 rings (SSSR count). The maximum atomic E-state index is 12.1. The minimum Gasteiger partial charge on any atom is -0.481 e. The highest BCUT2D eigenvalue weighted by atomic mass is 16.4. The summed E-state index contributed by atoms with van der Waals surface area (Å²) in [5, 5.41) is 8.90. The van der Waals surface area contributed by atoms with Gasteiger partial charge in [0.2, 0.25) is 5.91 Å². The first-order valence-electron chi connectivity index (χ1n) is 5.83. The number of carbonyl (C=O) groups excluding carboxylic acids is 1. The molecule has 17 heavy (non-hydrogen) atoms. The van der Waals surface area contributed by atoms with Crippen LogP contribution in [0.25, 0.3) is 0 Å². The van der Waals surface area contributed by atoms with E-state index in [-0.39, 0.29) is 17.7 Å². The standard InChI is InChI=1S/C13H19NO3/c1-3-7-14(8-4-2)12(15)10-5-6-11(9-10)13(16)17/h3-4,10-11H,1-2,5-9H2,(H,16,17)/t10-,11+/m1/s1. The molecular formula is C13H19NO3. The van der Waals surface area contributed by atoms with Crippen LogP contribution in [0.15, 0.2) is 25.3 Å². The monoisotopic (exact) mass is 237 g/mol. The number of carboxylic acid groups (broad SMARTS) is 1. The summed E-state index contributed by atoms with van der Waals surface area (Å²) in [7, 11) is 0. The van der Waals surface area contributed by atoms with Gasteiger partial charge in [-0.3, -0.25) is 9.59 Å². The Hall–Kier alpha value is -1.58. The van der Waals surface area contributed by atoms with Crippen LogP contribution in [0.3, 0.4) is 0 Å². The third-order valence-corrected chi connectivity index (χ3v) is 3.14. The van der Waals surface area contributed by atoms with Crippen molar-refractivity contribution in [3.05, 3.63) is 25.3 Å². The first-order valence-corrected chi connectivity index (χ1v) is 5.83. The summed E-state index contributed by atoms with van der Waals surface area (Å²) >= 11 is 0. The molecular weight excluding hydrogens is 218 g/mol. The molecule has 0 aliphatic heterocycles. The zero-order valence-electron chi connectivity index (χ0n) is 9.97. The number of rotatable bonds is 6. The van der Waals surface area contributed by atoms with E-state index < -0.39 is 5.97 Å². The number of carbonyl (C=O) groups is 2. The third kappa shape index (κ3) is 3.44. The maximum Gasteiger partial charge on any atom is 0.306 e. The van der Waals surface area contributed by atoms with Gasteiger partial charge >= 0.3 is 5.97 Å². The number of hydrogen-bond acceptors (Lipinski definition) is 2. The lowest BCUT2D eigenvalue weighted by Gasteiger charge is -2.22. The van der Waals surface area contributed by atoms with E-state index in [1.54, 1.807) is 17.1 Å². The van der Waals surface area contributed by atoms with Crippen LogP contribution < -0.4 is 0 Å². The molecule has 1 aliphatic carbocycles. The molecule has 0 bridgehead atoms. The second-order valence-electron chi connectivity index (χ2n) is 4.37. The van der Waals surface area contributed by atoms with Crippen molar-refractivity contribution in [1.82, 2.24) is 4.90 Å². The van der Waals surface area contributed by atoms with Crippen LogP contribution >= 0.6 is 0 Å². The Balaban J connectivity index is 2.59. The minimum atomic E-state index is -0.792. The van der Waals surface area contributed by atoms with E-state index >= 15 is 0 Å². The largest absolute Gasteiger partial charge is 0.481 e. The Bertz CT molecular complexity index is 315. The highest BCUT2D eigenvalue weighted by Crippen LogP contribution is 2.32. The van der Waals surface area contributed by atoms with Gasteiger partial charge in [0.1, 0.15) is 0 Å². The molecule has 0 unspecified atom stereocenters. The average Bonchev–Trinajstić information content (AvgIpc) is 2.77. The van der Waals surface area contributed by atoms with E-state index in [9.17, 15) is 9.59 Å². The molecule has 0 spiro atoms. The van der Waals surface area contributed by atoms with E-state index in [4.69, 9.17) is 5.11 Å². The highest BCUT2D eigenvalue weighted by molar-refractivity contribution is 5.81. The molecule has 0 aromatic carbocycles. The summed E-state index contributed by atoms with van der Waals surface area (Å²) in [5.74, 6) is -1.29. The lowest BCUT2D eigenvalue weighted by Crippen LogP contribution is -2.35. The average molecular weight is 237 g/mol. The normalized spacial score (nSPS) is 23.1. The fourth-order valence-electron chi connectivity index (χ4n) is 2.25. The van der Waals surface area contributed by atoms with E-state index in [0.29, 0.717) is 32.4 Å². The molecule has 94 valence electrons. The fraction of sp³-hybridized carbons (Fsp3) is 0.538. The van der Waals surface area contributed by atoms with Gasteiger partial charge in [-0.15, -0.1) is 13.2 Å². The lowest BCUT2D eigenvalue weighted by atomic mass is 10.0. The molecule has 4 heteroatoms. The summed E-state index contributed by atoms with van der Waals surface area (Å²) in [5.41, 5.74) is 0. The number of nitrogens with zero attached hydrogens (tertiary/aromatic N) is 1. The number of hydrogen-bond donors (Lipinski definition) is 1. The topological polar surface area (TPSA) is 57.6 Å². The van der Waals surface area contributed by atoms with Crippen molar-refractivity contribution in [3.8, 4) is 0 Å². The Morgan fingerprint density at radius 3 is 2.12 bits per heavy atom. The summed E-state index contributed by atoms with van der Waals surface area (Å²) in [6.45, 7) is 8.20. The SMILES string of the molecule is C=CCN(CC=C)C(=O)[C@@H]1CC[C@H](C(=O)O)C1. The Morgan fingerprint density at radius 2 is 1.71 bits per heavy atom. The van der Waals surface area contributed by atoms with Crippen molar-refractivity contribution >= 4 is 11.9 Å². The molecule has 1 saturated carbocycles. The molecule has 0 aromatic heterocycles. The van der Waals surface area contributed by atoms with Crippen molar-refractivity contribution in [1.29, 1.82) is 0 Å². The second kappa shape index (κ2) is 6.23. The summed E-state index contributed by atoms with van der Waals surface area (Å²) in [4.78, 5) is 24.6. The van der Waals surface area contributed by atoms with Gasteiger partial charge in [-0.2, -0.15) is 0 Å². The second-order valence-corrected chi connectivity index (χ2v) is 4.37. The third-order valence-electron chi connectivity index (χ3n) is 3.14. The predicted octanol–water partition coefficient (Wildman–Crippen LogP) is 1.69. The van der Waals surface area contributed by atoms with Crippen LogP contribution in [-0.2, 0) is 9.59 Å². The van der Waals surface area contributed by atoms with Crippen LogP contribution in [0.4, 0.5) is 0 Å². The Kier molecular flexibility index (Phi) is 4.94. The van der Waals surface area contributed by atoms with Crippen LogP contribution in [0, 0.1) is 11.8 Å². The van der Waals surface area contributed by atoms with Gasteiger partial charge in [-0.1, -0.05) is 12.2 Å². The van der Waals surface area contributed by atoms with Crippen molar-refractivity contribution < 1.29 is 14.7 Å². The molecule has 4 nitrogen and oxygen atoms in total. The number of amides is 1. The molecule has 0 aromatic rings. The fourth-order valence-corrected chi connectivity index (χ4v) is 2.25. The minimum absolute atomic E-state index is 0.0218. The Morgan fingerprint density at radius 1 is 1.18 bits per heavy atom. The molecule has 1 aliphatic rings. The van der Waals surface area contributed by atoms with Gasteiger partial charge in [0.05, 0.1) is 5.92 Å². The van der Waals surface area contributed by atoms with E-state index in [1.165, 1.54) is 0 Å². The predicted molar refractivity (Wildman–Crippen MR) is 65.4 cm³/mol. The van der Waals surface area contributed by atoms with E-state index in [0.717, 1.165) is 0 Å². The maximum absolute atomic E-state index is 12.1. The quantitative estimate of drug-likeness (QED) is 0.715. The van der Waals surface area contributed by atoms with Gasteiger partial charge in [0.15, 0.2) is 0 Å². The van der Waals surface area contributed by atoms with Gasteiger partial charge in [-0.25, -0.2) is 0 Å². The molecule has 1 amide bonds. The van der Waals surface area contributed by atoms with Crippen molar-refractivity contribution in [2.75, 3.05) is 13.1 Å². The molecule has 2 atom stereocenters. The zero-order chi connectivity index (χ0) is 12.8. The molecule has 0 radical (unpaired) electrons. The molecule has 0 saturated heterocycles. The van der Waals surface area contributed by atoms with E-state index in [2.05, 4.69) is 13.2 Å². The Labute approximate surface area is 102 Å². The van der Waals surface area contributed by atoms with Gasteiger partial charge in [-0.05, 0) is 19.3 Å². The summed E-state index contributed by atoms with van der Waals surface area (Å²) < 4.78 is 0. The van der Waals surface area contributed by atoms with Crippen molar-refractivity contribution in [2.45, 2.75) is 19.3 Å². The van der Waals surface area contributed by atoms with Crippen LogP contribution in [0.5, 0.6) is 0 Å². The van der Waals surface area contributed by atoms with Gasteiger partial charge in [0.25, 0.3) is 0 Å². The summed E-state index contributed by atoms with van der Waals surface area (Å²) in [6, 6.07) is 0. The van der Waals surface area contributed by atoms with Crippen molar-refractivity contribution in [2.24, 2.45) is 11.8 Å².